The molecule has 1 unspecified atom stereocenters. The van der Waals surface area contributed by atoms with Gasteiger partial charge in [0.05, 0.1) is 6.61 Å². The van der Waals surface area contributed by atoms with Crippen molar-refractivity contribution in [3.05, 3.63) is 23.8 Å². The third-order valence-electron chi connectivity index (χ3n) is 3.43. The lowest BCUT2D eigenvalue weighted by atomic mass is 10.1. The van der Waals surface area contributed by atoms with Crippen molar-refractivity contribution in [3.63, 3.8) is 0 Å². The molecule has 0 aromatic heterocycles. The number of hydrogen-bond acceptors (Lipinski definition) is 4. The Balaban J connectivity index is 1.68. The monoisotopic (exact) mass is 279 g/mol. The lowest BCUT2D eigenvalue weighted by Crippen LogP contribution is -2.23. The van der Waals surface area contributed by atoms with Gasteiger partial charge in [0, 0.05) is 19.2 Å². The molecule has 0 aliphatic carbocycles. The first-order valence-electron chi connectivity index (χ1n) is 7.37. The molecule has 0 amide bonds. The number of ether oxygens (including phenoxy) is 3. The van der Waals surface area contributed by atoms with Gasteiger partial charge in [0.2, 0.25) is 6.79 Å². The zero-order valence-electron chi connectivity index (χ0n) is 12.6. The van der Waals surface area contributed by atoms with Crippen LogP contribution in [0.3, 0.4) is 0 Å². The Morgan fingerprint density at radius 3 is 2.75 bits per heavy atom. The maximum Gasteiger partial charge on any atom is 0.231 e. The van der Waals surface area contributed by atoms with E-state index >= 15 is 0 Å². The van der Waals surface area contributed by atoms with Gasteiger partial charge in [-0.1, -0.05) is 19.9 Å². The summed E-state index contributed by atoms with van der Waals surface area (Å²) in [5.41, 5.74) is 1.21. The van der Waals surface area contributed by atoms with E-state index in [4.69, 9.17) is 14.2 Å². The van der Waals surface area contributed by atoms with E-state index in [-0.39, 0.29) is 6.04 Å². The van der Waals surface area contributed by atoms with Crippen LogP contribution in [0.15, 0.2) is 18.2 Å². The summed E-state index contributed by atoms with van der Waals surface area (Å²) in [7, 11) is 0. The van der Waals surface area contributed by atoms with Crippen LogP contribution in [0.5, 0.6) is 11.5 Å². The zero-order chi connectivity index (χ0) is 14.4. The van der Waals surface area contributed by atoms with Crippen LogP contribution in [0.1, 0.15) is 38.8 Å². The SMILES string of the molecule is CC(C)CCOCCNC(C)c1ccc2c(c1)OCO2. The van der Waals surface area contributed by atoms with E-state index < -0.39 is 0 Å². The van der Waals surface area contributed by atoms with E-state index in [0.717, 1.165) is 37.7 Å². The van der Waals surface area contributed by atoms with Crippen LogP contribution in [0, 0.1) is 5.92 Å². The highest BCUT2D eigenvalue weighted by Gasteiger charge is 2.15. The van der Waals surface area contributed by atoms with Gasteiger partial charge in [-0.3, -0.25) is 0 Å². The lowest BCUT2D eigenvalue weighted by molar-refractivity contribution is 0.123. The van der Waals surface area contributed by atoms with Gasteiger partial charge < -0.3 is 19.5 Å². The molecule has 0 spiro atoms. The summed E-state index contributed by atoms with van der Waals surface area (Å²) < 4.78 is 16.3. The van der Waals surface area contributed by atoms with Crippen molar-refractivity contribution >= 4 is 0 Å². The summed E-state index contributed by atoms with van der Waals surface area (Å²) in [6, 6.07) is 6.36. The summed E-state index contributed by atoms with van der Waals surface area (Å²) in [6.07, 6.45) is 1.12. The standard InChI is InChI=1S/C16H25NO3/c1-12(2)6-8-18-9-7-17-13(3)14-4-5-15-16(10-14)20-11-19-15/h4-5,10,12-13,17H,6-9,11H2,1-3H3. The molecule has 0 saturated carbocycles. The van der Waals surface area contributed by atoms with Crippen molar-refractivity contribution in [2.45, 2.75) is 33.2 Å². The van der Waals surface area contributed by atoms with Crippen molar-refractivity contribution in [3.8, 4) is 11.5 Å². The Labute approximate surface area is 121 Å². The Morgan fingerprint density at radius 1 is 1.15 bits per heavy atom. The average Bonchev–Trinajstić information content (AvgIpc) is 2.89. The fraction of sp³-hybridized carbons (Fsp3) is 0.625. The normalized spacial score (nSPS) is 14.8. The molecule has 1 aliphatic rings. The Kier molecular flexibility index (Phi) is 5.68. The maximum absolute atomic E-state index is 5.60. The van der Waals surface area contributed by atoms with Gasteiger partial charge in [0.1, 0.15) is 0 Å². The highest BCUT2D eigenvalue weighted by molar-refractivity contribution is 5.45. The van der Waals surface area contributed by atoms with Gasteiger partial charge in [-0.2, -0.15) is 0 Å². The van der Waals surface area contributed by atoms with Crippen LogP contribution in [-0.2, 0) is 4.74 Å². The Hall–Kier alpha value is -1.26. The number of nitrogens with one attached hydrogen (secondary N) is 1. The summed E-state index contributed by atoms with van der Waals surface area (Å²) in [4.78, 5) is 0. The minimum absolute atomic E-state index is 0.276. The average molecular weight is 279 g/mol. The van der Waals surface area contributed by atoms with E-state index in [2.05, 4.69) is 32.2 Å². The third-order valence-corrected chi connectivity index (χ3v) is 3.43. The molecule has 112 valence electrons. The fourth-order valence-corrected chi connectivity index (χ4v) is 2.07. The molecule has 1 aromatic carbocycles. The van der Waals surface area contributed by atoms with Crippen LogP contribution in [0.4, 0.5) is 0 Å². The van der Waals surface area contributed by atoms with E-state index in [9.17, 15) is 0 Å². The van der Waals surface area contributed by atoms with Gasteiger partial charge in [-0.05, 0) is 37.0 Å². The van der Waals surface area contributed by atoms with Gasteiger partial charge in [-0.15, -0.1) is 0 Å². The number of rotatable bonds is 8. The minimum atomic E-state index is 0.276. The molecule has 1 atom stereocenters. The van der Waals surface area contributed by atoms with E-state index in [0.29, 0.717) is 12.7 Å². The van der Waals surface area contributed by atoms with Crippen molar-refractivity contribution in [2.24, 2.45) is 5.92 Å². The topological polar surface area (TPSA) is 39.7 Å². The van der Waals surface area contributed by atoms with Crippen molar-refractivity contribution in [1.82, 2.24) is 5.32 Å². The van der Waals surface area contributed by atoms with Crippen LogP contribution in [-0.4, -0.2) is 26.6 Å². The highest BCUT2D eigenvalue weighted by Crippen LogP contribution is 2.33. The first-order valence-corrected chi connectivity index (χ1v) is 7.37. The van der Waals surface area contributed by atoms with Gasteiger partial charge in [-0.25, -0.2) is 0 Å². The molecule has 1 aliphatic heterocycles. The van der Waals surface area contributed by atoms with Crippen LogP contribution >= 0.6 is 0 Å². The zero-order valence-corrected chi connectivity index (χ0v) is 12.6. The molecule has 1 N–H and O–H groups in total. The van der Waals surface area contributed by atoms with E-state index in [1.165, 1.54) is 5.56 Å². The summed E-state index contributed by atoms with van der Waals surface area (Å²) in [5.74, 6) is 2.37. The summed E-state index contributed by atoms with van der Waals surface area (Å²) >= 11 is 0. The van der Waals surface area contributed by atoms with Crippen molar-refractivity contribution in [2.75, 3.05) is 26.6 Å². The molecule has 4 nitrogen and oxygen atoms in total. The Bertz CT molecular complexity index is 420. The molecule has 0 fully saturated rings. The highest BCUT2D eigenvalue weighted by atomic mass is 16.7. The predicted molar refractivity (Wildman–Crippen MR) is 79.3 cm³/mol. The second kappa shape index (κ2) is 7.50. The summed E-state index contributed by atoms with van der Waals surface area (Å²) in [6.45, 7) is 9.34. The van der Waals surface area contributed by atoms with E-state index in [1.54, 1.807) is 0 Å². The van der Waals surface area contributed by atoms with Gasteiger partial charge >= 0.3 is 0 Å². The van der Waals surface area contributed by atoms with Crippen molar-refractivity contribution < 1.29 is 14.2 Å². The molecule has 2 rings (SSSR count). The van der Waals surface area contributed by atoms with Crippen molar-refractivity contribution in [1.29, 1.82) is 0 Å². The largest absolute Gasteiger partial charge is 0.454 e. The second-order valence-electron chi connectivity index (χ2n) is 5.58. The van der Waals surface area contributed by atoms with Gasteiger partial charge in [0.15, 0.2) is 11.5 Å². The first-order chi connectivity index (χ1) is 9.66. The third kappa shape index (κ3) is 4.39. The Morgan fingerprint density at radius 2 is 1.95 bits per heavy atom. The predicted octanol–water partition coefficient (Wildman–Crippen LogP) is 3.13. The molecule has 1 aromatic rings. The molecule has 0 saturated heterocycles. The number of benzene rings is 1. The quantitative estimate of drug-likeness (QED) is 0.742. The minimum Gasteiger partial charge on any atom is -0.454 e. The smallest absolute Gasteiger partial charge is 0.231 e. The molecule has 4 heteroatoms. The van der Waals surface area contributed by atoms with Gasteiger partial charge in [0.25, 0.3) is 0 Å². The fourth-order valence-electron chi connectivity index (χ4n) is 2.07. The number of hydrogen-bond donors (Lipinski definition) is 1. The van der Waals surface area contributed by atoms with Crippen LogP contribution in [0.2, 0.25) is 0 Å². The molecular weight excluding hydrogens is 254 g/mol. The maximum atomic E-state index is 5.60. The summed E-state index contributed by atoms with van der Waals surface area (Å²) in [5, 5.41) is 3.46. The number of fused-ring (bicyclic) bond motifs is 1. The van der Waals surface area contributed by atoms with E-state index in [1.807, 2.05) is 12.1 Å². The van der Waals surface area contributed by atoms with Crippen LogP contribution < -0.4 is 14.8 Å². The molecule has 0 bridgehead atoms. The first kappa shape index (κ1) is 15.1. The molecule has 0 radical (unpaired) electrons. The second-order valence-corrected chi connectivity index (χ2v) is 5.58. The lowest BCUT2D eigenvalue weighted by Gasteiger charge is -2.15. The molecular formula is C16H25NO3. The molecule has 20 heavy (non-hydrogen) atoms. The van der Waals surface area contributed by atoms with Crippen LogP contribution in [0.25, 0.3) is 0 Å². The molecule has 1 heterocycles.